The van der Waals surface area contributed by atoms with Crippen LogP contribution in [0.1, 0.15) is 25.2 Å². The number of fused-ring (bicyclic) bond motifs is 3. The normalized spacial score (nSPS) is 15.1. The molecule has 4 heterocycles. The number of rotatable bonds is 2. The van der Waals surface area contributed by atoms with Crippen LogP contribution in [0.15, 0.2) is 65.6 Å². The van der Waals surface area contributed by atoms with Crippen LogP contribution < -0.4 is 0 Å². The van der Waals surface area contributed by atoms with Gasteiger partial charge in [0.15, 0.2) is 0 Å². The minimum absolute atomic E-state index is 0.0210. The summed E-state index contributed by atoms with van der Waals surface area (Å²) in [5, 5.41) is 2.05. The van der Waals surface area contributed by atoms with Crippen molar-refractivity contribution in [2.24, 2.45) is 0 Å². The second-order valence-electron chi connectivity index (χ2n) is 6.74. The van der Waals surface area contributed by atoms with Gasteiger partial charge in [0.2, 0.25) is 0 Å². The van der Waals surface area contributed by atoms with Crippen molar-refractivity contribution in [3.05, 3.63) is 81.2 Å². The molecule has 4 aromatic heterocycles. The van der Waals surface area contributed by atoms with Crippen LogP contribution in [0, 0.1) is 0 Å². The molecule has 0 amide bonds. The van der Waals surface area contributed by atoms with E-state index < -0.39 is 0 Å². The first-order valence-corrected chi connectivity index (χ1v) is 12.4. The van der Waals surface area contributed by atoms with Crippen LogP contribution in [0.2, 0.25) is 0 Å². The summed E-state index contributed by atoms with van der Waals surface area (Å²) in [5.41, 5.74) is 2.23. The zero-order valence-corrected chi connectivity index (χ0v) is 18.3. The Morgan fingerprint density at radius 3 is 2.72 bits per heavy atom. The zero-order chi connectivity index (χ0) is 19.5. The Labute approximate surface area is 176 Å². The fourth-order valence-electron chi connectivity index (χ4n) is 3.66. The molecular formula is C22H11N3O2Se2. The van der Waals surface area contributed by atoms with E-state index in [1.807, 2.05) is 47.2 Å². The average molecular weight is 507 g/mol. The van der Waals surface area contributed by atoms with Crippen molar-refractivity contribution >= 4 is 67.3 Å². The van der Waals surface area contributed by atoms with Crippen LogP contribution in [-0.2, 0) is 0 Å². The van der Waals surface area contributed by atoms with Gasteiger partial charge in [0.1, 0.15) is 0 Å². The van der Waals surface area contributed by atoms with Crippen molar-refractivity contribution in [2.45, 2.75) is 0 Å². The molecule has 0 aliphatic heterocycles. The third-order valence-corrected chi connectivity index (χ3v) is 9.07. The molecule has 5 nitrogen and oxygen atoms in total. The van der Waals surface area contributed by atoms with Crippen molar-refractivity contribution in [3.63, 3.8) is 0 Å². The molecule has 1 aliphatic rings. The molecular weight excluding hydrogens is 496 g/mol. The predicted octanol–water partition coefficient (Wildman–Crippen LogP) is 3.15. The van der Waals surface area contributed by atoms with Crippen molar-refractivity contribution in [2.75, 3.05) is 0 Å². The van der Waals surface area contributed by atoms with Gasteiger partial charge in [0.25, 0.3) is 0 Å². The van der Waals surface area contributed by atoms with E-state index in [1.54, 1.807) is 18.6 Å². The zero-order valence-electron chi connectivity index (χ0n) is 14.8. The Morgan fingerprint density at radius 2 is 1.83 bits per heavy atom. The molecule has 29 heavy (non-hydrogen) atoms. The molecule has 0 atom stereocenters. The molecule has 1 aliphatic carbocycles. The van der Waals surface area contributed by atoms with E-state index in [0.717, 1.165) is 25.4 Å². The Bertz CT molecular complexity index is 1450. The first kappa shape index (κ1) is 17.1. The summed E-state index contributed by atoms with van der Waals surface area (Å²) in [6.45, 7) is 0. The summed E-state index contributed by atoms with van der Waals surface area (Å²) in [4.78, 5) is 36.4. The van der Waals surface area contributed by atoms with Crippen LogP contribution in [-0.4, -0.2) is 55.1 Å². The van der Waals surface area contributed by atoms with Gasteiger partial charge in [-0.15, -0.1) is 0 Å². The van der Waals surface area contributed by atoms with Gasteiger partial charge in [0, 0.05) is 0 Å². The van der Waals surface area contributed by atoms with Crippen molar-refractivity contribution in [1.82, 2.24) is 14.5 Å². The molecule has 0 fully saturated rings. The molecule has 0 spiro atoms. The van der Waals surface area contributed by atoms with Gasteiger partial charge in [0.05, 0.1) is 0 Å². The SMILES string of the molecule is O=C1/C(=C/c2ccc(-n3ccc4cncnc43)[se]2)C(=O)c2cc3[se]ccc3cc21. The van der Waals surface area contributed by atoms with Crippen molar-refractivity contribution in [1.29, 1.82) is 0 Å². The fourth-order valence-corrected chi connectivity index (χ4v) is 7.32. The fraction of sp³-hybridized carbons (Fsp3) is 0. The van der Waals surface area contributed by atoms with Gasteiger partial charge in [-0.05, 0) is 0 Å². The minimum atomic E-state index is -0.162. The molecule has 0 saturated heterocycles. The number of aromatic nitrogens is 3. The monoisotopic (exact) mass is 509 g/mol. The number of allylic oxidation sites excluding steroid dienone is 1. The number of Topliss-reactive ketones (excluding diaryl/α,β-unsaturated/α-hetero) is 2. The van der Waals surface area contributed by atoms with Crippen molar-refractivity contribution < 1.29 is 9.59 Å². The topological polar surface area (TPSA) is 64.8 Å². The third-order valence-electron chi connectivity index (χ3n) is 5.06. The first-order valence-electron chi connectivity index (χ1n) is 8.89. The van der Waals surface area contributed by atoms with Crippen LogP contribution in [0.4, 0.5) is 0 Å². The number of nitrogens with zero attached hydrogens (tertiary/aromatic N) is 3. The number of carbonyl (C=O) groups is 2. The molecule has 7 heteroatoms. The maximum atomic E-state index is 12.9. The number of hydrogen-bond donors (Lipinski definition) is 0. The summed E-state index contributed by atoms with van der Waals surface area (Å²) < 4.78 is 5.34. The van der Waals surface area contributed by atoms with Gasteiger partial charge in [-0.3, -0.25) is 0 Å². The summed E-state index contributed by atoms with van der Waals surface area (Å²) >= 11 is 0.228. The third kappa shape index (κ3) is 2.60. The second kappa shape index (κ2) is 6.34. The number of hydrogen-bond acceptors (Lipinski definition) is 4. The van der Waals surface area contributed by atoms with Crippen LogP contribution >= 0.6 is 0 Å². The molecule has 138 valence electrons. The number of ketones is 2. The summed E-state index contributed by atoms with van der Waals surface area (Å²) in [7, 11) is 0. The van der Waals surface area contributed by atoms with Gasteiger partial charge < -0.3 is 0 Å². The Hall–Kier alpha value is -2.82. The molecule has 0 N–H and O–H groups in total. The summed E-state index contributed by atoms with van der Waals surface area (Å²) in [6, 6.07) is 11.8. The van der Waals surface area contributed by atoms with E-state index in [0.29, 0.717) is 11.1 Å². The molecule has 0 saturated carbocycles. The molecule has 6 rings (SSSR count). The van der Waals surface area contributed by atoms with E-state index in [1.165, 1.54) is 4.26 Å². The van der Waals surface area contributed by atoms with E-state index in [-0.39, 0.29) is 46.1 Å². The van der Waals surface area contributed by atoms with Gasteiger partial charge in [-0.1, -0.05) is 0 Å². The molecule has 0 bridgehead atoms. The van der Waals surface area contributed by atoms with Crippen LogP contribution in [0.25, 0.3) is 31.3 Å². The predicted molar refractivity (Wildman–Crippen MR) is 113 cm³/mol. The van der Waals surface area contributed by atoms with Gasteiger partial charge >= 0.3 is 177 Å². The van der Waals surface area contributed by atoms with Gasteiger partial charge in [-0.2, -0.15) is 0 Å². The molecule has 1 aromatic carbocycles. The van der Waals surface area contributed by atoms with E-state index in [9.17, 15) is 9.59 Å². The van der Waals surface area contributed by atoms with Gasteiger partial charge in [-0.25, -0.2) is 0 Å². The summed E-state index contributed by atoms with van der Waals surface area (Å²) in [6.07, 6.45) is 7.09. The Morgan fingerprint density at radius 1 is 0.966 bits per heavy atom. The Kier molecular flexibility index (Phi) is 3.73. The molecule has 0 radical (unpaired) electrons. The van der Waals surface area contributed by atoms with E-state index in [2.05, 4.69) is 14.9 Å². The van der Waals surface area contributed by atoms with Crippen LogP contribution in [0.3, 0.4) is 0 Å². The second-order valence-corrected chi connectivity index (χ2v) is 11.0. The van der Waals surface area contributed by atoms with E-state index in [4.69, 9.17) is 0 Å². The van der Waals surface area contributed by atoms with Crippen molar-refractivity contribution in [3.8, 4) is 4.56 Å². The maximum absolute atomic E-state index is 12.9. The van der Waals surface area contributed by atoms with E-state index >= 15 is 0 Å². The average Bonchev–Trinajstić information content (AvgIpc) is 3.50. The standard InChI is InChI=1S/C22H11N3O2Se2/c26-20-15-7-12-4-6-28-18(12)9-16(15)21(27)17(20)8-14-1-2-19(29-14)25-5-3-13-10-23-11-24-22(13)25/h1-11H/b17-8-. The molecule has 0 unspecified atom stereocenters. The number of carbonyl (C=O) groups excluding carboxylic acids is 2. The quantitative estimate of drug-likeness (QED) is 0.209. The first-order chi connectivity index (χ1) is 14.2. The summed E-state index contributed by atoms with van der Waals surface area (Å²) in [5.74, 6) is -0.315. The van der Waals surface area contributed by atoms with Crippen LogP contribution in [0.5, 0.6) is 0 Å². The number of benzene rings is 1. The molecule has 5 aromatic rings. The Balaban J connectivity index is 1.41.